The molecule has 136 valence electrons. The zero-order valence-electron chi connectivity index (χ0n) is 15.5. The molecule has 2 aliphatic rings. The van der Waals surface area contributed by atoms with Gasteiger partial charge in [0.25, 0.3) is 0 Å². The molecule has 0 N–H and O–H groups in total. The van der Waals surface area contributed by atoms with Gasteiger partial charge in [-0.15, -0.1) is 0 Å². The summed E-state index contributed by atoms with van der Waals surface area (Å²) in [5.41, 5.74) is 1.18. The van der Waals surface area contributed by atoms with Crippen LogP contribution in [0.5, 0.6) is 0 Å². The van der Waals surface area contributed by atoms with Gasteiger partial charge >= 0.3 is 0 Å². The van der Waals surface area contributed by atoms with E-state index in [1.165, 1.54) is 18.4 Å². The summed E-state index contributed by atoms with van der Waals surface area (Å²) in [5, 5.41) is 0. The molecule has 1 aromatic carbocycles. The normalized spacial score (nSPS) is 21.7. The third-order valence-electron chi connectivity index (χ3n) is 5.70. The number of likely N-dealkylation sites (tertiary alicyclic amines) is 1. The largest absolute Gasteiger partial charge is 0.342 e. The van der Waals surface area contributed by atoms with Crippen LogP contribution < -0.4 is 0 Å². The van der Waals surface area contributed by atoms with Crippen molar-refractivity contribution in [3.63, 3.8) is 0 Å². The Bertz CT molecular complexity index is 597. The van der Waals surface area contributed by atoms with Gasteiger partial charge in [-0.05, 0) is 44.1 Å². The van der Waals surface area contributed by atoms with E-state index in [1.54, 1.807) is 0 Å². The summed E-state index contributed by atoms with van der Waals surface area (Å²) in [4.78, 5) is 29.3. The molecule has 1 aromatic rings. The Morgan fingerprint density at radius 1 is 1.20 bits per heavy atom. The van der Waals surface area contributed by atoms with Gasteiger partial charge in [0.1, 0.15) is 0 Å². The topological polar surface area (TPSA) is 40.6 Å². The fourth-order valence-corrected chi connectivity index (χ4v) is 3.90. The first-order valence-corrected chi connectivity index (χ1v) is 9.72. The Kier molecular flexibility index (Phi) is 5.77. The molecular formula is C21H30N2O2. The molecule has 0 bridgehead atoms. The quantitative estimate of drug-likeness (QED) is 0.794. The van der Waals surface area contributed by atoms with Gasteiger partial charge < -0.3 is 9.80 Å². The van der Waals surface area contributed by atoms with Crippen molar-refractivity contribution in [3.8, 4) is 0 Å². The van der Waals surface area contributed by atoms with Crippen LogP contribution in [-0.4, -0.2) is 40.7 Å². The van der Waals surface area contributed by atoms with Gasteiger partial charge in [0, 0.05) is 32.1 Å². The van der Waals surface area contributed by atoms with Crippen LogP contribution >= 0.6 is 0 Å². The average molecular weight is 342 g/mol. The first-order valence-electron chi connectivity index (χ1n) is 9.72. The van der Waals surface area contributed by atoms with Crippen molar-refractivity contribution >= 4 is 11.8 Å². The lowest BCUT2D eigenvalue weighted by Gasteiger charge is -2.37. The van der Waals surface area contributed by atoms with E-state index in [1.807, 2.05) is 30.0 Å². The number of hydrogen-bond acceptors (Lipinski definition) is 2. The molecule has 4 nitrogen and oxygen atoms in total. The summed E-state index contributed by atoms with van der Waals surface area (Å²) >= 11 is 0. The number of carbonyl (C=O) groups excluding carboxylic acids is 2. The first-order chi connectivity index (χ1) is 12.1. The number of nitrogens with zero attached hydrogens (tertiary/aromatic N) is 2. The monoisotopic (exact) mass is 342 g/mol. The molecule has 3 rings (SSSR count). The highest BCUT2D eigenvalue weighted by Crippen LogP contribution is 2.36. The van der Waals surface area contributed by atoms with E-state index in [2.05, 4.69) is 24.0 Å². The Balaban J connectivity index is 1.72. The number of amides is 2. The summed E-state index contributed by atoms with van der Waals surface area (Å²) in [6.07, 6.45) is 4.80. The minimum atomic E-state index is -0.0471. The average Bonchev–Trinajstić information content (AvgIpc) is 3.50. The van der Waals surface area contributed by atoms with E-state index in [0.717, 1.165) is 19.4 Å². The molecule has 25 heavy (non-hydrogen) atoms. The molecule has 0 unspecified atom stereocenters. The minimum absolute atomic E-state index is 0.0471. The smallest absolute Gasteiger partial charge is 0.228 e. The Morgan fingerprint density at radius 3 is 2.56 bits per heavy atom. The fourth-order valence-electron chi connectivity index (χ4n) is 3.90. The van der Waals surface area contributed by atoms with E-state index in [0.29, 0.717) is 25.4 Å². The lowest BCUT2D eigenvalue weighted by Crippen LogP contribution is -2.49. The van der Waals surface area contributed by atoms with Crippen molar-refractivity contribution in [2.45, 2.75) is 58.5 Å². The van der Waals surface area contributed by atoms with E-state index in [4.69, 9.17) is 0 Å². The molecule has 2 fully saturated rings. The van der Waals surface area contributed by atoms with E-state index in [9.17, 15) is 9.59 Å². The molecule has 2 atom stereocenters. The first kappa shape index (κ1) is 18.0. The Labute approximate surface area is 151 Å². The van der Waals surface area contributed by atoms with Gasteiger partial charge in [0.15, 0.2) is 0 Å². The molecule has 1 saturated heterocycles. The maximum atomic E-state index is 13.3. The van der Waals surface area contributed by atoms with Crippen molar-refractivity contribution in [1.29, 1.82) is 0 Å². The summed E-state index contributed by atoms with van der Waals surface area (Å²) in [7, 11) is 0. The molecular weight excluding hydrogens is 312 g/mol. The predicted molar refractivity (Wildman–Crippen MR) is 98.8 cm³/mol. The van der Waals surface area contributed by atoms with Gasteiger partial charge in [0.05, 0.1) is 5.92 Å². The number of piperidine rings is 1. The van der Waals surface area contributed by atoms with Crippen LogP contribution in [0.3, 0.4) is 0 Å². The molecule has 0 spiro atoms. The predicted octanol–water partition coefficient (Wildman–Crippen LogP) is 3.46. The van der Waals surface area contributed by atoms with Crippen LogP contribution in [-0.2, 0) is 16.1 Å². The molecule has 4 heteroatoms. The van der Waals surface area contributed by atoms with E-state index < -0.39 is 0 Å². The minimum Gasteiger partial charge on any atom is -0.342 e. The lowest BCUT2D eigenvalue weighted by atomic mass is 9.95. The van der Waals surface area contributed by atoms with Crippen LogP contribution in [0.1, 0.15) is 51.5 Å². The van der Waals surface area contributed by atoms with Crippen LogP contribution in [0, 0.1) is 11.8 Å². The van der Waals surface area contributed by atoms with Gasteiger partial charge in [-0.1, -0.05) is 37.3 Å². The van der Waals surface area contributed by atoms with E-state index >= 15 is 0 Å². The van der Waals surface area contributed by atoms with Crippen molar-refractivity contribution in [1.82, 2.24) is 9.80 Å². The van der Waals surface area contributed by atoms with Gasteiger partial charge in [0.2, 0.25) is 11.8 Å². The maximum absolute atomic E-state index is 13.3. The van der Waals surface area contributed by atoms with Crippen molar-refractivity contribution in [3.05, 3.63) is 35.9 Å². The molecule has 2 amide bonds. The highest BCUT2D eigenvalue weighted by atomic mass is 16.2. The standard InChI is InChI=1S/C21H30N2O2/c1-3-20(24)22-13-7-10-19(15-22)21(25)23(16(2)18-11-12-18)14-17-8-5-4-6-9-17/h4-6,8-9,16,18-19H,3,7,10-15H2,1-2H3/t16-,19-/m0/s1. The Hall–Kier alpha value is -1.84. The summed E-state index contributed by atoms with van der Waals surface area (Å²) in [5.74, 6) is 0.998. The molecule has 1 aliphatic carbocycles. The van der Waals surface area contributed by atoms with Crippen molar-refractivity contribution in [2.75, 3.05) is 13.1 Å². The molecule has 1 heterocycles. The highest BCUT2D eigenvalue weighted by molar-refractivity contribution is 5.81. The number of rotatable bonds is 6. The highest BCUT2D eigenvalue weighted by Gasteiger charge is 2.38. The van der Waals surface area contributed by atoms with Gasteiger partial charge in [-0.25, -0.2) is 0 Å². The second kappa shape index (κ2) is 8.03. The fraction of sp³-hybridized carbons (Fsp3) is 0.619. The molecule has 0 aromatic heterocycles. The van der Waals surface area contributed by atoms with Crippen LogP contribution in [0.15, 0.2) is 30.3 Å². The van der Waals surface area contributed by atoms with Gasteiger partial charge in [-0.3, -0.25) is 9.59 Å². The zero-order valence-corrected chi connectivity index (χ0v) is 15.5. The summed E-state index contributed by atoms with van der Waals surface area (Å²) in [6, 6.07) is 10.5. The lowest BCUT2D eigenvalue weighted by molar-refractivity contribution is -0.143. The third-order valence-corrected chi connectivity index (χ3v) is 5.70. The number of carbonyl (C=O) groups is 2. The summed E-state index contributed by atoms with van der Waals surface area (Å²) in [6.45, 7) is 6.15. The second-order valence-corrected chi connectivity index (χ2v) is 7.56. The third kappa shape index (κ3) is 4.42. The SMILES string of the molecule is CCC(=O)N1CCC[C@H](C(=O)N(Cc2ccccc2)[C@@H](C)C2CC2)C1. The molecule has 1 saturated carbocycles. The number of hydrogen-bond donors (Lipinski definition) is 0. The second-order valence-electron chi connectivity index (χ2n) is 7.56. The number of benzene rings is 1. The van der Waals surface area contributed by atoms with Crippen molar-refractivity contribution < 1.29 is 9.59 Å². The van der Waals surface area contributed by atoms with E-state index in [-0.39, 0.29) is 23.8 Å². The van der Waals surface area contributed by atoms with Crippen molar-refractivity contribution in [2.24, 2.45) is 11.8 Å². The molecule has 1 aliphatic heterocycles. The zero-order chi connectivity index (χ0) is 17.8. The Morgan fingerprint density at radius 2 is 1.92 bits per heavy atom. The van der Waals surface area contributed by atoms with Gasteiger partial charge in [-0.2, -0.15) is 0 Å². The van der Waals surface area contributed by atoms with Crippen LogP contribution in [0.25, 0.3) is 0 Å². The summed E-state index contributed by atoms with van der Waals surface area (Å²) < 4.78 is 0. The van der Waals surface area contributed by atoms with Crippen LogP contribution in [0.4, 0.5) is 0 Å². The molecule has 0 radical (unpaired) electrons. The maximum Gasteiger partial charge on any atom is 0.228 e. The van der Waals surface area contributed by atoms with Crippen LogP contribution in [0.2, 0.25) is 0 Å².